The summed E-state index contributed by atoms with van der Waals surface area (Å²) in [6.45, 7) is 1.70. The number of carbonyl (C=O) groups excluding carboxylic acids is 3. The van der Waals surface area contributed by atoms with E-state index in [2.05, 4.69) is 10.3 Å². The van der Waals surface area contributed by atoms with Gasteiger partial charge >= 0.3 is 5.97 Å². The van der Waals surface area contributed by atoms with Gasteiger partial charge in [0.25, 0.3) is 5.91 Å². The van der Waals surface area contributed by atoms with E-state index in [1.165, 1.54) is 18.3 Å². The summed E-state index contributed by atoms with van der Waals surface area (Å²) in [6, 6.07) is 18.2. The van der Waals surface area contributed by atoms with Crippen molar-refractivity contribution in [1.29, 1.82) is 0 Å². The molecule has 1 heterocycles. The van der Waals surface area contributed by atoms with Crippen LogP contribution in [0, 0.1) is 0 Å². The summed E-state index contributed by atoms with van der Waals surface area (Å²) in [4.78, 5) is 42.0. The number of nitrogens with one attached hydrogen (secondary N) is 1. The van der Waals surface area contributed by atoms with Crippen molar-refractivity contribution >= 4 is 57.3 Å². The minimum Gasteiger partial charge on any atom is -0.424 e. The molecule has 1 amide bonds. The van der Waals surface area contributed by atoms with Crippen molar-refractivity contribution < 1.29 is 19.1 Å². The zero-order chi connectivity index (χ0) is 24.2. The van der Waals surface area contributed by atoms with Gasteiger partial charge in [0, 0.05) is 34.0 Å². The van der Waals surface area contributed by atoms with Crippen LogP contribution in [0.25, 0.3) is 10.8 Å². The molecule has 0 aliphatic rings. The molecule has 0 atom stereocenters. The number of pyridine rings is 1. The number of esters is 1. The Labute approximate surface area is 205 Å². The highest BCUT2D eigenvalue weighted by Gasteiger charge is 2.18. The van der Waals surface area contributed by atoms with Crippen molar-refractivity contribution in [2.75, 3.05) is 5.32 Å². The normalized spacial score (nSPS) is 10.7. The monoisotopic (exact) mass is 492 g/mol. The second-order valence-electron chi connectivity index (χ2n) is 7.34. The zero-order valence-electron chi connectivity index (χ0n) is 18.0. The highest BCUT2D eigenvalue weighted by Crippen LogP contribution is 2.29. The number of amides is 1. The number of rotatable bonds is 6. The molecule has 1 aromatic heterocycles. The van der Waals surface area contributed by atoms with E-state index in [4.69, 9.17) is 27.9 Å². The molecule has 170 valence electrons. The number of aromatic nitrogens is 1. The Hall–Kier alpha value is -3.74. The van der Waals surface area contributed by atoms with Crippen LogP contribution < -0.4 is 10.1 Å². The van der Waals surface area contributed by atoms with E-state index >= 15 is 0 Å². The van der Waals surface area contributed by atoms with Gasteiger partial charge in [0.2, 0.25) is 5.78 Å². The third-order valence-electron chi connectivity index (χ3n) is 5.05. The van der Waals surface area contributed by atoms with Gasteiger partial charge in [-0.15, -0.1) is 0 Å². The third kappa shape index (κ3) is 4.93. The van der Waals surface area contributed by atoms with Gasteiger partial charge in [-0.25, -0.2) is 4.98 Å². The standard InChI is InChI=1S/C26H18Cl2N2O4/c1-2-23(31)34-22-14-29-24(19-9-4-3-8-18(19)22)25(32)15-6-5-7-17(12-15)30-26(33)16-10-11-20(27)21(28)13-16/h3-14H,2H2,1H3,(H,30,33). The molecular weight excluding hydrogens is 475 g/mol. The molecule has 0 saturated heterocycles. The lowest BCUT2D eigenvalue weighted by Gasteiger charge is -2.11. The average Bonchev–Trinajstić information content (AvgIpc) is 2.85. The summed E-state index contributed by atoms with van der Waals surface area (Å²) in [5.74, 6) is -0.831. The third-order valence-corrected chi connectivity index (χ3v) is 5.79. The van der Waals surface area contributed by atoms with E-state index in [9.17, 15) is 14.4 Å². The maximum atomic E-state index is 13.3. The van der Waals surface area contributed by atoms with Crippen molar-refractivity contribution in [2.45, 2.75) is 13.3 Å². The van der Waals surface area contributed by atoms with Crippen LogP contribution in [0.4, 0.5) is 5.69 Å². The molecule has 3 aromatic carbocycles. The van der Waals surface area contributed by atoms with E-state index in [1.807, 2.05) is 0 Å². The number of carbonyl (C=O) groups is 3. The molecule has 8 heteroatoms. The van der Waals surface area contributed by atoms with Crippen LogP contribution in [0.5, 0.6) is 5.75 Å². The first-order chi connectivity index (χ1) is 16.4. The second-order valence-corrected chi connectivity index (χ2v) is 8.15. The van der Waals surface area contributed by atoms with Crippen molar-refractivity contribution in [2.24, 2.45) is 0 Å². The Bertz CT molecular complexity index is 1440. The van der Waals surface area contributed by atoms with E-state index < -0.39 is 11.9 Å². The molecule has 0 aliphatic carbocycles. The maximum absolute atomic E-state index is 13.3. The molecule has 0 fully saturated rings. The summed E-state index contributed by atoms with van der Waals surface area (Å²) >= 11 is 11.9. The molecule has 1 N–H and O–H groups in total. The number of hydrogen-bond acceptors (Lipinski definition) is 5. The van der Waals surface area contributed by atoms with E-state index in [0.717, 1.165) is 0 Å². The van der Waals surface area contributed by atoms with Crippen LogP contribution in [0.1, 0.15) is 39.8 Å². The molecule has 4 rings (SSSR count). The minimum absolute atomic E-state index is 0.208. The summed E-state index contributed by atoms with van der Waals surface area (Å²) in [5.41, 5.74) is 1.30. The number of benzene rings is 3. The van der Waals surface area contributed by atoms with Gasteiger partial charge in [-0.05, 0) is 30.3 Å². The predicted molar refractivity (Wildman–Crippen MR) is 132 cm³/mol. The molecule has 0 bridgehead atoms. The Morgan fingerprint density at radius 3 is 2.38 bits per heavy atom. The van der Waals surface area contributed by atoms with Crippen molar-refractivity contribution in [3.63, 3.8) is 0 Å². The van der Waals surface area contributed by atoms with Crippen LogP contribution in [-0.4, -0.2) is 22.6 Å². The van der Waals surface area contributed by atoms with Crippen molar-refractivity contribution in [3.8, 4) is 5.75 Å². The average molecular weight is 493 g/mol. The van der Waals surface area contributed by atoms with E-state index in [-0.39, 0.29) is 22.9 Å². The highest BCUT2D eigenvalue weighted by atomic mass is 35.5. The zero-order valence-corrected chi connectivity index (χ0v) is 19.5. The molecule has 4 aromatic rings. The largest absolute Gasteiger partial charge is 0.424 e. The number of nitrogens with zero attached hydrogens (tertiary/aromatic N) is 1. The van der Waals surface area contributed by atoms with E-state index in [1.54, 1.807) is 61.5 Å². The van der Waals surface area contributed by atoms with Crippen LogP contribution in [0.15, 0.2) is 72.9 Å². The summed E-state index contributed by atoms with van der Waals surface area (Å²) in [7, 11) is 0. The smallest absolute Gasteiger partial charge is 0.310 e. The molecule has 34 heavy (non-hydrogen) atoms. The van der Waals surface area contributed by atoms with Crippen molar-refractivity contribution in [3.05, 3.63) is 99.8 Å². The van der Waals surface area contributed by atoms with Crippen LogP contribution in [-0.2, 0) is 4.79 Å². The second kappa shape index (κ2) is 10.0. The SMILES string of the molecule is CCC(=O)Oc1cnc(C(=O)c2cccc(NC(=O)c3ccc(Cl)c(Cl)c3)c2)c2ccccc12. The lowest BCUT2D eigenvalue weighted by molar-refractivity contribution is -0.133. The summed E-state index contributed by atoms with van der Waals surface area (Å²) in [5, 5.41) is 4.53. The predicted octanol–water partition coefficient (Wildman–Crippen LogP) is 6.34. The maximum Gasteiger partial charge on any atom is 0.310 e. The topological polar surface area (TPSA) is 85.4 Å². The number of anilines is 1. The quantitative estimate of drug-likeness (QED) is 0.250. The number of halogens is 2. The number of ketones is 1. The Morgan fingerprint density at radius 1 is 0.882 bits per heavy atom. The fourth-order valence-corrected chi connectivity index (χ4v) is 3.64. The lowest BCUT2D eigenvalue weighted by atomic mass is 10.0. The first-order valence-corrected chi connectivity index (χ1v) is 11.1. The number of ether oxygens (including phenoxy) is 1. The Kier molecular flexibility index (Phi) is 6.91. The first-order valence-electron chi connectivity index (χ1n) is 10.4. The van der Waals surface area contributed by atoms with E-state index in [0.29, 0.717) is 38.4 Å². The van der Waals surface area contributed by atoms with Crippen LogP contribution in [0.3, 0.4) is 0 Å². The van der Waals surface area contributed by atoms with Gasteiger partial charge in [0.05, 0.1) is 16.2 Å². The van der Waals surface area contributed by atoms with Gasteiger partial charge in [-0.3, -0.25) is 14.4 Å². The van der Waals surface area contributed by atoms with Crippen LogP contribution in [0.2, 0.25) is 10.0 Å². The van der Waals surface area contributed by atoms with Gasteiger partial charge in [0.1, 0.15) is 5.69 Å². The minimum atomic E-state index is -0.395. The van der Waals surface area contributed by atoms with Crippen molar-refractivity contribution in [1.82, 2.24) is 4.98 Å². The van der Waals surface area contributed by atoms with Gasteiger partial charge in [0.15, 0.2) is 5.75 Å². The summed E-state index contributed by atoms with van der Waals surface area (Å²) < 4.78 is 5.36. The van der Waals surface area contributed by atoms with Gasteiger partial charge in [-0.1, -0.05) is 66.5 Å². The molecule has 0 spiro atoms. The fourth-order valence-electron chi connectivity index (χ4n) is 3.34. The molecule has 0 unspecified atom stereocenters. The molecule has 0 saturated carbocycles. The summed E-state index contributed by atoms with van der Waals surface area (Å²) in [6.07, 6.45) is 1.59. The highest BCUT2D eigenvalue weighted by molar-refractivity contribution is 6.42. The Balaban J connectivity index is 1.63. The molecule has 0 radical (unpaired) electrons. The van der Waals surface area contributed by atoms with Gasteiger partial charge < -0.3 is 10.1 Å². The first kappa shape index (κ1) is 23.4. The molecular formula is C26H18Cl2N2O4. The number of fused-ring (bicyclic) bond motifs is 1. The molecule has 0 aliphatic heterocycles. The van der Waals surface area contributed by atoms with Crippen LogP contribution >= 0.6 is 23.2 Å². The lowest BCUT2D eigenvalue weighted by Crippen LogP contribution is -2.13. The fraction of sp³-hybridized carbons (Fsp3) is 0.0769. The Morgan fingerprint density at radius 2 is 1.65 bits per heavy atom. The van der Waals surface area contributed by atoms with Gasteiger partial charge in [-0.2, -0.15) is 0 Å². The number of hydrogen-bond donors (Lipinski definition) is 1. The molecule has 6 nitrogen and oxygen atoms in total.